The maximum Gasteiger partial charge on any atom is 0.225 e. The number of benzene rings is 1. The van der Waals surface area contributed by atoms with Crippen LogP contribution in [0.1, 0.15) is 38.2 Å². The molecule has 2 saturated heterocycles. The number of likely N-dealkylation sites (tertiary alicyclic amines) is 2. The van der Waals surface area contributed by atoms with Gasteiger partial charge in [-0.05, 0) is 56.8 Å². The maximum absolute atomic E-state index is 13.9. The molecule has 0 saturated carbocycles. The van der Waals surface area contributed by atoms with Crippen molar-refractivity contribution in [1.29, 1.82) is 0 Å². The molecule has 2 aliphatic rings. The lowest BCUT2D eigenvalue weighted by Gasteiger charge is -2.36. The highest BCUT2D eigenvalue weighted by atomic mass is 35.5. The molecular weight excluding hydrogens is 327 g/mol. The van der Waals surface area contributed by atoms with Gasteiger partial charge in [0, 0.05) is 36.1 Å². The molecule has 1 aromatic rings. The second-order valence-electron chi connectivity index (χ2n) is 7.26. The first-order valence-electron chi connectivity index (χ1n) is 8.98. The maximum atomic E-state index is 13.9. The van der Waals surface area contributed by atoms with Gasteiger partial charge in [0.25, 0.3) is 0 Å². The van der Waals surface area contributed by atoms with Crippen LogP contribution in [0.3, 0.4) is 0 Å². The summed E-state index contributed by atoms with van der Waals surface area (Å²) in [6, 6.07) is 4.81. The Labute approximate surface area is 148 Å². The predicted molar refractivity (Wildman–Crippen MR) is 94.4 cm³/mol. The Kier molecular flexibility index (Phi) is 5.77. The number of hydrogen-bond donors (Lipinski definition) is 0. The number of nitrogens with zero attached hydrogens (tertiary/aromatic N) is 2. The van der Waals surface area contributed by atoms with Crippen molar-refractivity contribution in [3.63, 3.8) is 0 Å². The highest BCUT2D eigenvalue weighted by Gasteiger charge is 2.30. The minimum atomic E-state index is -0.247. The Hall–Kier alpha value is -1.13. The molecule has 0 atom stereocenters. The van der Waals surface area contributed by atoms with Crippen LogP contribution in [-0.4, -0.2) is 41.9 Å². The van der Waals surface area contributed by atoms with Crippen LogP contribution in [-0.2, 0) is 11.3 Å². The third kappa shape index (κ3) is 4.09. The summed E-state index contributed by atoms with van der Waals surface area (Å²) < 4.78 is 13.9. The fourth-order valence-electron chi connectivity index (χ4n) is 3.73. The van der Waals surface area contributed by atoms with E-state index in [9.17, 15) is 9.18 Å². The predicted octanol–water partition coefficient (Wildman–Crippen LogP) is 3.95. The van der Waals surface area contributed by atoms with E-state index in [1.807, 2.05) is 4.90 Å². The molecule has 0 unspecified atom stereocenters. The van der Waals surface area contributed by atoms with Gasteiger partial charge in [-0.25, -0.2) is 4.39 Å². The van der Waals surface area contributed by atoms with E-state index in [4.69, 9.17) is 11.6 Å². The fraction of sp³-hybridized carbons (Fsp3) is 0.632. The van der Waals surface area contributed by atoms with E-state index in [1.54, 1.807) is 12.1 Å². The molecule has 0 spiro atoms. The molecule has 0 radical (unpaired) electrons. The lowest BCUT2D eigenvalue weighted by molar-refractivity contribution is -0.138. The summed E-state index contributed by atoms with van der Waals surface area (Å²) in [7, 11) is 0. The van der Waals surface area contributed by atoms with Gasteiger partial charge >= 0.3 is 0 Å². The van der Waals surface area contributed by atoms with E-state index >= 15 is 0 Å². The van der Waals surface area contributed by atoms with Crippen molar-refractivity contribution < 1.29 is 9.18 Å². The third-order valence-electron chi connectivity index (χ3n) is 5.48. The normalized spacial score (nSPS) is 21.2. The summed E-state index contributed by atoms with van der Waals surface area (Å²) in [6.07, 6.45) is 3.96. The smallest absolute Gasteiger partial charge is 0.225 e. The summed E-state index contributed by atoms with van der Waals surface area (Å²) in [5.41, 5.74) is 0.564. The summed E-state index contributed by atoms with van der Waals surface area (Å²) >= 11 is 6.11. The van der Waals surface area contributed by atoms with Gasteiger partial charge in [-0.2, -0.15) is 0 Å². The van der Waals surface area contributed by atoms with Crippen LogP contribution in [0.4, 0.5) is 4.39 Å². The number of amides is 1. The highest BCUT2D eigenvalue weighted by Crippen LogP contribution is 2.26. The Bertz CT molecular complexity index is 558. The Morgan fingerprint density at radius 1 is 1.17 bits per heavy atom. The molecule has 0 aliphatic carbocycles. The Balaban J connectivity index is 1.51. The van der Waals surface area contributed by atoms with Crippen molar-refractivity contribution >= 4 is 17.5 Å². The molecule has 3 nitrogen and oxygen atoms in total. The molecule has 24 heavy (non-hydrogen) atoms. The molecule has 0 bridgehead atoms. The molecule has 3 rings (SSSR count). The molecule has 0 aromatic heterocycles. The molecule has 5 heteroatoms. The zero-order valence-electron chi connectivity index (χ0n) is 14.3. The average Bonchev–Trinajstić information content (AvgIpc) is 2.59. The monoisotopic (exact) mass is 352 g/mol. The van der Waals surface area contributed by atoms with Crippen LogP contribution < -0.4 is 0 Å². The van der Waals surface area contributed by atoms with Crippen molar-refractivity contribution in [2.45, 2.75) is 39.2 Å². The molecule has 0 N–H and O–H groups in total. The first-order chi connectivity index (χ1) is 11.5. The van der Waals surface area contributed by atoms with E-state index in [0.29, 0.717) is 23.0 Å². The van der Waals surface area contributed by atoms with Crippen molar-refractivity contribution in [3.05, 3.63) is 34.6 Å². The quantitative estimate of drug-likeness (QED) is 0.822. The van der Waals surface area contributed by atoms with Crippen molar-refractivity contribution in [3.8, 4) is 0 Å². The van der Waals surface area contributed by atoms with Crippen LogP contribution in [0.5, 0.6) is 0 Å². The summed E-state index contributed by atoms with van der Waals surface area (Å²) in [6.45, 7) is 6.24. The Morgan fingerprint density at radius 2 is 1.83 bits per heavy atom. The van der Waals surface area contributed by atoms with E-state index < -0.39 is 0 Å². The van der Waals surface area contributed by atoms with Crippen LogP contribution in [0, 0.1) is 17.7 Å². The lowest BCUT2D eigenvalue weighted by atomic mass is 9.92. The van der Waals surface area contributed by atoms with Crippen molar-refractivity contribution in [2.24, 2.45) is 11.8 Å². The number of rotatable bonds is 3. The molecule has 132 valence electrons. The van der Waals surface area contributed by atoms with Gasteiger partial charge in [-0.3, -0.25) is 9.69 Å². The number of hydrogen-bond acceptors (Lipinski definition) is 2. The van der Waals surface area contributed by atoms with Gasteiger partial charge in [0.2, 0.25) is 5.91 Å². The van der Waals surface area contributed by atoms with Crippen LogP contribution in [0.25, 0.3) is 0 Å². The van der Waals surface area contributed by atoms with Gasteiger partial charge in [-0.1, -0.05) is 24.6 Å². The van der Waals surface area contributed by atoms with Crippen LogP contribution in [0.15, 0.2) is 18.2 Å². The van der Waals surface area contributed by atoms with Crippen molar-refractivity contribution in [2.75, 3.05) is 26.2 Å². The first-order valence-corrected chi connectivity index (χ1v) is 9.36. The van der Waals surface area contributed by atoms with Crippen molar-refractivity contribution in [1.82, 2.24) is 9.80 Å². The SMILES string of the molecule is CC1CCN(C(=O)C2CCN(Cc3c(F)cccc3Cl)CC2)CC1. The van der Waals surface area contributed by atoms with Gasteiger partial charge in [0.05, 0.1) is 0 Å². The minimum Gasteiger partial charge on any atom is -0.342 e. The molecule has 2 fully saturated rings. The second kappa shape index (κ2) is 7.83. The van der Waals surface area contributed by atoms with E-state index in [-0.39, 0.29) is 11.7 Å². The van der Waals surface area contributed by atoms with E-state index in [1.165, 1.54) is 6.07 Å². The number of halogens is 2. The highest BCUT2D eigenvalue weighted by molar-refractivity contribution is 6.31. The minimum absolute atomic E-state index is 0.130. The molecule has 2 aliphatic heterocycles. The first kappa shape index (κ1) is 17.7. The standard InChI is InChI=1S/C19H26ClFN2O/c1-14-5-11-23(12-6-14)19(24)15-7-9-22(10-8-15)13-16-17(20)3-2-4-18(16)21/h2-4,14-15H,5-13H2,1H3. The topological polar surface area (TPSA) is 23.6 Å². The largest absolute Gasteiger partial charge is 0.342 e. The Morgan fingerprint density at radius 3 is 2.46 bits per heavy atom. The van der Waals surface area contributed by atoms with Gasteiger partial charge in [0.1, 0.15) is 5.82 Å². The van der Waals surface area contributed by atoms with Gasteiger partial charge in [0.15, 0.2) is 0 Å². The van der Waals surface area contributed by atoms with Crippen LogP contribution >= 0.6 is 11.6 Å². The van der Waals surface area contributed by atoms with E-state index in [2.05, 4.69) is 11.8 Å². The van der Waals surface area contributed by atoms with Gasteiger partial charge in [-0.15, -0.1) is 0 Å². The average molecular weight is 353 g/mol. The number of carbonyl (C=O) groups is 1. The summed E-state index contributed by atoms with van der Waals surface area (Å²) in [5, 5.41) is 0.482. The number of piperidine rings is 2. The summed E-state index contributed by atoms with van der Waals surface area (Å²) in [4.78, 5) is 16.9. The lowest BCUT2D eigenvalue weighted by Crippen LogP contribution is -2.45. The molecule has 2 heterocycles. The van der Waals surface area contributed by atoms with E-state index in [0.717, 1.165) is 57.8 Å². The molecular formula is C19H26ClFN2O. The zero-order valence-corrected chi connectivity index (χ0v) is 15.1. The summed E-state index contributed by atoms with van der Waals surface area (Å²) in [5.74, 6) is 0.945. The fourth-order valence-corrected chi connectivity index (χ4v) is 3.95. The second-order valence-corrected chi connectivity index (χ2v) is 7.67. The van der Waals surface area contributed by atoms with Crippen LogP contribution in [0.2, 0.25) is 5.02 Å². The zero-order chi connectivity index (χ0) is 17.1. The molecule has 1 aromatic carbocycles. The number of carbonyl (C=O) groups excluding carboxylic acids is 1. The molecule has 1 amide bonds. The van der Waals surface area contributed by atoms with Gasteiger partial charge < -0.3 is 4.90 Å². The third-order valence-corrected chi connectivity index (χ3v) is 5.83.